The largest absolute Gasteiger partial charge is 0.507 e. The van der Waals surface area contributed by atoms with Crippen LogP contribution in [0.5, 0.6) is 5.75 Å². The minimum atomic E-state index is -0.828. The lowest BCUT2D eigenvalue weighted by Gasteiger charge is -2.37. The Kier molecular flexibility index (Phi) is 3.75. The maximum absolute atomic E-state index is 13.1. The standard InChI is InChI=1S/C22H20N6O5/c1-23-19(30)25-10-9-14-16(27(25)21(23)32)11-26-20(31)24(2)22(33)28(26)17(14)15-8-7-12-5-3-4-6-13(12)18(15)29/h3-9,16-17,29H,10-11H2,1-2H3/t16-,17-/m1/s1. The molecular weight excluding hydrogens is 428 g/mol. The molecule has 2 aliphatic rings. The first-order valence-corrected chi connectivity index (χ1v) is 10.5. The number of aromatic hydroxyl groups is 1. The SMILES string of the molecule is Cn1c(=O)n2n(c1=O)[C@@H]1Cn3c(=O)n(C)c(=O)n3[C@@H](c3ccc4ccccc4c3O)C1=CC2. The van der Waals surface area contributed by atoms with Gasteiger partial charge in [0.05, 0.1) is 19.1 Å². The third-order valence-corrected chi connectivity index (χ3v) is 6.81. The van der Waals surface area contributed by atoms with Gasteiger partial charge in [0.1, 0.15) is 11.8 Å². The highest BCUT2D eigenvalue weighted by atomic mass is 16.3. The topological polar surface area (TPSA) is 118 Å². The van der Waals surface area contributed by atoms with Gasteiger partial charge in [-0.1, -0.05) is 42.5 Å². The van der Waals surface area contributed by atoms with E-state index in [0.717, 1.165) is 14.5 Å². The van der Waals surface area contributed by atoms with Crippen molar-refractivity contribution in [1.29, 1.82) is 0 Å². The van der Waals surface area contributed by atoms with E-state index in [9.17, 15) is 24.3 Å². The minimum Gasteiger partial charge on any atom is -0.507 e. The summed E-state index contributed by atoms with van der Waals surface area (Å²) >= 11 is 0. The lowest BCUT2D eigenvalue weighted by atomic mass is 9.88. The second-order valence-electron chi connectivity index (χ2n) is 8.45. The van der Waals surface area contributed by atoms with Gasteiger partial charge in [0.25, 0.3) is 0 Å². The summed E-state index contributed by atoms with van der Waals surface area (Å²) in [6.45, 7) is 0.145. The molecule has 0 amide bonds. The predicted molar refractivity (Wildman–Crippen MR) is 119 cm³/mol. The molecule has 4 aromatic rings. The summed E-state index contributed by atoms with van der Waals surface area (Å²) in [6.07, 6.45) is 1.80. The van der Waals surface area contributed by atoms with Crippen LogP contribution < -0.4 is 22.8 Å². The first kappa shape index (κ1) is 19.4. The van der Waals surface area contributed by atoms with Crippen molar-refractivity contribution in [2.24, 2.45) is 14.1 Å². The minimum absolute atomic E-state index is 0.00206. The van der Waals surface area contributed by atoms with E-state index in [1.54, 1.807) is 18.2 Å². The average Bonchev–Trinajstić information content (AvgIpc) is 3.18. The van der Waals surface area contributed by atoms with Gasteiger partial charge in [0.2, 0.25) is 0 Å². The number of hydrogen-bond acceptors (Lipinski definition) is 5. The van der Waals surface area contributed by atoms with Crippen molar-refractivity contribution in [1.82, 2.24) is 27.9 Å². The van der Waals surface area contributed by atoms with Gasteiger partial charge in [-0.15, -0.1) is 0 Å². The van der Waals surface area contributed by atoms with E-state index >= 15 is 0 Å². The van der Waals surface area contributed by atoms with Crippen LogP contribution in [0.25, 0.3) is 10.8 Å². The quantitative estimate of drug-likeness (QED) is 0.400. The zero-order valence-corrected chi connectivity index (χ0v) is 17.9. The molecule has 33 heavy (non-hydrogen) atoms. The number of allylic oxidation sites excluding steroid dienone is 2. The van der Waals surface area contributed by atoms with Crippen LogP contribution in [-0.4, -0.2) is 33.0 Å². The van der Waals surface area contributed by atoms with Gasteiger partial charge in [0, 0.05) is 25.0 Å². The Morgan fingerprint density at radius 3 is 2.24 bits per heavy atom. The second-order valence-corrected chi connectivity index (χ2v) is 8.45. The van der Waals surface area contributed by atoms with E-state index < -0.39 is 34.8 Å². The molecule has 2 aliphatic heterocycles. The maximum Gasteiger partial charge on any atom is 0.347 e. The zero-order chi connectivity index (χ0) is 23.2. The van der Waals surface area contributed by atoms with Gasteiger partial charge >= 0.3 is 22.8 Å². The number of rotatable bonds is 1. The fourth-order valence-electron chi connectivity index (χ4n) is 5.15. The van der Waals surface area contributed by atoms with Crippen LogP contribution in [0.2, 0.25) is 0 Å². The van der Waals surface area contributed by atoms with Gasteiger partial charge in [0.15, 0.2) is 0 Å². The number of hydrogen-bond donors (Lipinski definition) is 1. The van der Waals surface area contributed by atoms with Crippen molar-refractivity contribution in [3.05, 3.63) is 95.5 Å². The number of phenols is 1. The molecule has 0 bridgehead atoms. The molecule has 0 aliphatic carbocycles. The van der Waals surface area contributed by atoms with Gasteiger partial charge < -0.3 is 5.11 Å². The maximum atomic E-state index is 13.1. The molecule has 11 nitrogen and oxygen atoms in total. The van der Waals surface area contributed by atoms with Crippen LogP contribution in [0.15, 0.2) is 67.2 Å². The fraction of sp³-hybridized carbons (Fsp3) is 0.273. The van der Waals surface area contributed by atoms with Crippen LogP contribution in [0, 0.1) is 0 Å². The summed E-state index contributed by atoms with van der Waals surface area (Å²) in [5.41, 5.74) is -0.916. The summed E-state index contributed by atoms with van der Waals surface area (Å²) < 4.78 is 7.31. The molecule has 0 fully saturated rings. The highest BCUT2D eigenvalue weighted by Gasteiger charge is 2.41. The smallest absolute Gasteiger partial charge is 0.347 e. The second kappa shape index (κ2) is 6.37. The Balaban J connectivity index is 1.69. The van der Waals surface area contributed by atoms with E-state index in [0.29, 0.717) is 16.5 Å². The molecule has 11 heteroatoms. The molecule has 0 unspecified atom stereocenters. The zero-order valence-electron chi connectivity index (χ0n) is 17.9. The van der Waals surface area contributed by atoms with E-state index in [4.69, 9.17) is 0 Å². The van der Waals surface area contributed by atoms with Gasteiger partial charge in [-0.3, -0.25) is 0 Å². The van der Waals surface area contributed by atoms with Crippen LogP contribution in [0.1, 0.15) is 17.6 Å². The summed E-state index contributed by atoms with van der Waals surface area (Å²) in [6, 6.07) is 9.40. The molecule has 2 aromatic carbocycles. The van der Waals surface area contributed by atoms with E-state index in [1.165, 1.54) is 32.8 Å². The Morgan fingerprint density at radius 1 is 0.818 bits per heavy atom. The van der Waals surface area contributed by atoms with Crippen LogP contribution in [0.3, 0.4) is 0 Å². The molecule has 4 heterocycles. The third kappa shape index (κ3) is 2.33. The summed E-state index contributed by atoms with van der Waals surface area (Å²) in [7, 11) is 2.80. The Morgan fingerprint density at radius 2 is 1.48 bits per heavy atom. The number of phenolic OH excluding ortho intramolecular Hbond substituents is 1. The number of benzene rings is 2. The summed E-state index contributed by atoms with van der Waals surface area (Å²) in [5.74, 6) is -0.00206. The molecular formula is C22H20N6O5. The van der Waals surface area contributed by atoms with Crippen molar-refractivity contribution >= 4 is 10.8 Å². The van der Waals surface area contributed by atoms with Crippen molar-refractivity contribution in [3.8, 4) is 5.75 Å². The highest BCUT2D eigenvalue weighted by Crippen LogP contribution is 2.43. The molecule has 0 saturated heterocycles. The predicted octanol–water partition coefficient (Wildman–Crippen LogP) is -0.347. The van der Waals surface area contributed by atoms with Gasteiger partial charge in [-0.2, -0.15) is 0 Å². The van der Waals surface area contributed by atoms with E-state index in [-0.39, 0.29) is 18.8 Å². The molecule has 1 N–H and O–H groups in total. The van der Waals surface area contributed by atoms with Gasteiger partial charge in [-0.05, 0) is 11.0 Å². The van der Waals surface area contributed by atoms with Crippen molar-refractivity contribution in [2.75, 3.05) is 0 Å². The van der Waals surface area contributed by atoms with Crippen molar-refractivity contribution < 1.29 is 5.11 Å². The third-order valence-electron chi connectivity index (χ3n) is 6.81. The van der Waals surface area contributed by atoms with E-state index in [2.05, 4.69) is 0 Å². The first-order chi connectivity index (χ1) is 15.8. The number of nitrogens with zero attached hydrogens (tertiary/aromatic N) is 6. The average molecular weight is 448 g/mol. The Bertz CT molecular complexity index is 1750. The van der Waals surface area contributed by atoms with Crippen LogP contribution in [0.4, 0.5) is 0 Å². The van der Waals surface area contributed by atoms with E-state index in [1.807, 2.05) is 24.3 Å². The number of aromatic nitrogens is 6. The Labute approximate surface area is 184 Å². The molecule has 2 atom stereocenters. The molecule has 2 aromatic heterocycles. The highest BCUT2D eigenvalue weighted by molar-refractivity contribution is 5.89. The lowest BCUT2D eigenvalue weighted by Crippen LogP contribution is -2.46. The van der Waals surface area contributed by atoms with Crippen molar-refractivity contribution in [2.45, 2.75) is 25.2 Å². The van der Waals surface area contributed by atoms with Crippen molar-refractivity contribution in [3.63, 3.8) is 0 Å². The monoisotopic (exact) mass is 448 g/mol. The van der Waals surface area contributed by atoms with Crippen LogP contribution in [-0.2, 0) is 27.2 Å². The molecule has 0 radical (unpaired) electrons. The van der Waals surface area contributed by atoms with Crippen LogP contribution >= 0.6 is 0 Å². The first-order valence-electron chi connectivity index (χ1n) is 10.5. The molecule has 168 valence electrons. The lowest BCUT2D eigenvalue weighted by molar-refractivity contribution is 0.244. The van der Waals surface area contributed by atoms with Gasteiger partial charge in [-0.25, -0.2) is 47.0 Å². The molecule has 6 rings (SSSR count). The number of fused-ring (bicyclic) bond motifs is 5. The Hall–Kier alpha value is -4.28. The normalized spacial score (nSPS) is 19.2. The summed E-state index contributed by atoms with van der Waals surface area (Å²) in [5, 5.41) is 12.7. The summed E-state index contributed by atoms with van der Waals surface area (Å²) in [4.78, 5) is 51.5. The fourth-order valence-corrected chi connectivity index (χ4v) is 5.15. The molecule has 0 saturated carbocycles. The molecule has 0 spiro atoms.